The van der Waals surface area contributed by atoms with Gasteiger partial charge in [0.25, 0.3) is 5.91 Å². The van der Waals surface area contributed by atoms with E-state index in [9.17, 15) is 4.79 Å². The molecule has 0 bridgehead atoms. The normalized spacial score (nSPS) is 10.6. The third kappa shape index (κ3) is 4.00. The molecule has 0 radical (unpaired) electrons. The Morgan fingerprint density at radius 3 is 2.14 bits per heavy atom. The Hall–Kier alpha value is -3.70. The van der Waals surface area contributed by atoms with Gasteiger partial charge in [0.15, 0.2) is 0 Å². The first kappa shape index (κ1) is 17.7. The molecule has 5 nitrogen and oxygen atoms in total. The molecule has 0 fully saturated rings. The van der Waals surface area contributed by atoms with Crippen molar-refractivity contribution in [3.05, 3.63) is 108 Å². The molecule has 0 saturated carbocycles. The Labute approximate surface area is 163 Å². The van der Waals surface area contributed by atoms with E-state index in [1.165, 1.54) is 0 Å². The van der Waals surface area contributed by atoms with Gasteiger partial charge in [0.1, 0.15) is 5.69 Å². The molecule has 0 atom stereocenters. The van der Waals surface area contributed by atoms with Crippen LogP contribution in [-0.2, 0) is 11.4 Å². The Morgan fingerprint density at radius 2 is 1.46 bits per heavy atom. The summed E-state index contributed by atoms with van der Waals surface area (Å²) in [6, 6.07) is 29.0. The highest BCUT2D eigenvalue weighted by atomic mass is 16.6. The summed E-state index contributed by atoms with van der Waals surface area (Å²) in [6.45, 7) is 0.292. The molecule has 1 heterocycles. The van der Waals surface area contributed by atoms with Gasteiger partial charge in [-0.05, 0) is 17.7 Å². The number of benzene rings is 3. The van der Waals surface area contributed by atoms with Crippen LogP contribution in [0.15, 0.2) is 97.2 Å². The Balaban J connectivity index is 1.59. The number of hydrogen-bond acceptors (Lipinski definition) is 3. The number of rotatable bonds is 6. The smallest absolute Gasteiger partial charge is 0.269 e. The quantitative estimate of drug-likeness (QED) is 0.513. The number of aromatic nitrogens is 2. The maximum atomic E-state index is 12.8. The van der Waals surface area contributed by atoms with E-state index >= 15 is 0 Å². The van der Waals surface area contributed by atoms with Crippen molar-refractivity contribution in [3.8, 4) is 16.9 Å². The number of hydrogen-bond donors (Lipinski definition) is 1. The van der Waals surface area contributed by atoms with Gasteiger partial charge in [0, 0.05) is 11.8 Å². The van der Waals surface area contributed by atoms with Crippen LogP contribution < -0.4 is 5.48 Å². The number of para-hydroxylation sites is 1. The van der Waals surface area contributed by atoms with Crippen molar-refractivity contribution >= 4 is 5.91 Å². The fraction of sp³-hybridized carbons (Fsp3) is 0.0435. The largest absolute Gasteiger partial charge is 0.278 e. The average molecular weight is 369 g/mol. The van der Waals surface area contributed by atoms with Crippen LogP contribution >= 0.6 is 0 Å². The van der Waals surface area contributed by atoms with Crippen LogP contribution in [0.2, 0.25) is 0 Å². The van der Waals surface area contributed by atoms with E-state index in [4.69, 9.17) is 4.84 Å². The molecule has 0 aliphatic rings. The summed E-state index contributed by atoms with van der Waals surface area (Å²) in [7, 11) is 0. The van der Waals surface area contributed by atoms with Crippen molar-refractivity contribution in [1.82, 2.24) is 15.3 Å². The molecule has 0 unspecified atom stereocenters. The second-order valence-corrected chi connectivity index (χ2v) is 6.24. The molecule has 0 saturated heterocycles. The van der Waals surface area contributed by atoms with Crippen molar-refractivity contribution in [2.75, 3.05) is 0 Å². The van der Waals surface area contributed by atoms with Crippen LogP contribution in [0.25, 0.3) is 16.9 Å². The van der Waals surface area contributed by atoms with Crippen LogP contribution in [0.3, 0.4) is 0 Å². The first-order chi connectivity index (χ1) is 13.8. The van der Waals surface area contributed by atoms with Crippen LogP contribution in [0.1, 0.15) is 15.9 Å². The van der Waals surface area contributed by atoms with Gasteiger partial charge in [0.2, 0.25) is 0 Å². The number of carbonyl (C=O) groups excluding carboxylic acids is 1. The fourth-order valence-corrected chi connectivity index (χ4v) is 2.88. The molecular weight excluding hydrogens is 350 g/mol. The highest BCUT2D eigenvalue weighted by Crippen LogP contribution is 2.23. The molecule has 3 aromatic carbocycles. The summed E-state index contributed by atoms with van der Waals surface area (Å²) in [5.74, 6) is -0.336. The number of nitrogens with zero attached hydrogens (tertiary/aromatic N) is 2. The Bertz CT molecular complexity index is 1050. The maximum absolute atomic E-state index is 12.8. The van der Waals surface area contributed by atoms with E-state index in [0.29, 0.717) is 17.9 Å². The van der Waals surface area contributed by atoms with E-state index in [0.717, 1.165) is 16.8 Å². The van der Waals surface area contributed by atoms with Crippen LogP contribution in [0.4, 0.5) is 0 Å². The minimum atomic E-state index is -0.336. The van der Waals surface area contributed by atoms with E-state index in [2.05, 4.69) is 10.6 Å². The predicted molar refractivity (Wildman–Crippen MR) is 108 cm³/mol. The lowest BCUT2D eigenvalue weighted by molar-refractivity contribution is 0.0234. The Morgan fingerprint density at radius 1 is 0.857 bits per heavy atom. The summed E-state index contributed by atoms with van der Waals surface area (Å²) in [5.41, 5.74) is 6.30. The number of nitrogens with one attached hydrogen (secondary N) is 1. The first-order valence-corrected chi connectivity index (χ1v) is 8.98. The molecular formula is C23H19N3O2. The summed E-state index contributed by atoms with van der Waals surface area (Å²) >= 11 is 0. The molecule has 4 aromatic rings. The van der Waals surface area contributed by atoms with Crippen LogP contribution in [-0.4, -0.2) is 15.7 Å². The molecule has 0 aliphatic carbocycles. The van der Waals surface area contributed by atoms with Crippen molar-refractivity contribution in [2.45, 2.75) is 6.61 Å². The number of hydroxylamine groups is 1. The molecule has 1 N–H and O–H groups in total. The minimum Gasteiger partial charge on any atom is -0.269 e. The lowest BCUT2D eigenvalue weighted by atomic mass is 10.1. The van der Waals surface area contributed by atoms with Crippen molar-refractivity contribution in [3.63, 3.8) is 0 Å². The second-order valence-electron chi connectivity index (χ2n) is 6.24. The van der Waals surface area contributed by atoms with Gasteiger partial charge in [-0.15, -0.1) is 0 Å². The molecule has 28 heavy (non-hydrogen) atoms. The predicted octanol–water partition coefficient (Wildman–Crippen LogP) is 4.40. The van der Waals surface area contributed by atoms with Crippen molar-refractivity contribution < 1.29 is 9.63 Å². The standard InChI is InChI=1S/C23H19N3O2/c27-23(25-28-17-18-10-4-1-5-11-18)21-16-26(20-14-8-3-9-15-20)24-22(21)19-12-6-2-7-13-19/h1-16H,17H2,(H,25,27). The summed E-state index contributed by atoms with van der Waals surface area (Å²) in [4.78, 5) is 18.2. The topological polar surface area (TPSA) is 56.1 Å². The minimum absolute atomic E-state index is 0.292. The monoisotopic (exact) mass is 369 g/mol. The molecule has 1 amide bonds. The van der Waals surface area contributed by atoms with Crippen molar-refractivity contribution in [1.29, 1.82) is 0 Å². The highest BCUT2D eigenvalue weighted by Gasteiger charge is 2.18. The lowest BCUT2D eigenvalue weighted by Crippen LogP contribution is -2.23. The second kappa shape index (κ2) is 8.33. The summed E-state index contributed by atoms with van der Waals surface area (Å²) in [6.07, 6.45) is 1.72. The zero-order chi connectivity index (χ0) is 19.2. The fourth-order valence-electron chi connectivity index (χ4n) is 2.88. The first-order valence-electron chi connectivity index (χ1n) is 8.98. The van der Waals surface area contributed by atoms with E-state index in [1.54, 1.807) is 10.9 Å². The third-order valence-corrected chi connectivity index (χ3v) is 4.27. The van der Waals surface area contributed by atoms with E-state index in [-0.39, 0.29) is 5.91 Å². The van der Waals surface area contributed by atoms with Gasteiger partial charge in [-0.3, -0.25) is 9.63 Å². The third-order valence-electron chi connectivity index (χ3n) is 4.27. The molecule has 138 valence electrons. The van der Waals surface area contributed by atoms with Gasteiger partial charge in [-0.1, -0.05) is 78.9 Å². The molecule has 1 aromatic heterocycles. The van der Waals surface area contributed by atoms with E-state index in [1.807, 2.05) is 91.0 Å². The van der Waals surface area contributed by atoms with Gasteiger partial charge >= 0.3 is 0 Å². The highest BCUT2D eigenvalue weighted by molar-refractivity contribution is 5.99. The molecule has 0 aliphatic heterocycles. The molecule has 0 spiro atoms. The van der Waals surface area contributed by atoms with Crippen molar-refractivity contribution in [2.24, 2.45) is 0 Å². The zero-order valence-corrected chi connectivity index (χ0v) is 15.2. The Kier molecular flexibility index (Phi) is 5.26. The van der Waals surface area contributed by atoms with Gasteiger partial charge in [0.05, 0.1) is 17.9 Å². The molecule has 5 heteroatoms. The zero-order valence-electron chi connectivity index (χ0n) is 15.2. The number of carbonyl (C=O) groups is 1. The van der Waals surface area contributed by atoms with Crippen LogP contribution in [0, 0.1) is 0 Å². The van der Waals surface area contributed by atoms with Gasteiger partial charge < -0.3 is 0 Å². The summed E-state index contributed by atoms with van der Waals surface area (Å²) in [5, 5.41) is 4.64. The number of amides is 1. The average Bonchev–Trinajstić information content (AvgIpc) is 3.21. The maximum Gasteiger partial charge on any atom is 0.278 e. The lowest BCUT2D eigenvalue weighted by Gasteiger charge is -2.06. The summed E-state index contributed by atoms with van der Waals surface area (Å²) < 4.78 is 1.70. The van der Waals surface area contributed by atoms with Crippen LogP contribution in [0.5, 0.6) is 0 Å². The van der Waals surface area contributed by atoms with Gasteiger partial charge in [-0.25, -0.2) is 10.2 Å². The molecule has 4 rings (SSSR count). The SMILES string of the molecule is O=C(NOCc1ccccc1)c1cn(-c2ccccc2)nc1-c1ccccc1. The van der Waals surface area contributed by atoms with Gasteiger partial charge in [-0.2, -0.15) is 5.10 Å². The van der Waals surface area contributed by atoms with E-state index < -0.39 is 0 Å².